The molecule has 0 aliphatic carbocycles. The summed E-state index contributed by atoms with van der Waals surface area (Å²) in [7, 11) is -4.02. The van der Waals surface area contributed by atoms with E-state index in [0.717, 1.165) is 21.2 Å². The van der Waals surface area contributed by atoms with Crippen LogP contribution in [0, 0.1) is 13.8 Å². The highest BCUT2D eigenvalue weighted by Gasteiger charge is 2.27. The molecule has 0 heterocycles. The second-order valence-corrected chi connectivity index (χ2v) is 10.1. The molecular formula is C24H24Cl2N2O4S. The average molecular weight is 507 g/mol. The molecule has 3 rings (SSSR count). The van der Waals surface area contributed by atoms with E-state index in [1.54, 1.807) is 18.2 Å². The van der Waals surface area contributed by atoms with Gasteiger partial charge in [0.15, 0.2) is 0 Å². The molecule has 0 atom stereocenters. The number of carbonyl (C=O) groups excluding carboxylic acids is 1. The van der Waals surface area contributed by atoms with Crippen LogP contribution in [0.4, 0.5) is 5.69 Å². The first-order valence-corrected chi connectivity index (χ1v) is 12.4. The molecule has 1 amide bonds. The van der Waals surface area contributed by atoms with Gasteiger partial charge in [0.2, 0.25) is 5.91 Å². The van der Waals surface area contributed by atoms with Gasteiger partial charge in [-0.2, -0.15) is 0 Å². The number of hydrogen-bond donors (Lipinski definition) is 1. The molecule has 0 aliphatic rings. The van der Waals surface area contributed by atoms with Crippen molar-refractivity contribution in [2.24, 2.45) is 0 Å². The summed E-state index contributed by atoms with van der Waals surface area (Å²) in [6.45, 7) is 3.98. The van der Waals surface area contributed by atoms with Crippen molar-refractivity contribution >= 4 is 44.8 Å². The van der Waals surface area contributed by atoms with Gasteiger partial charge in [-0.05, 0) is 55.8 Å². The molecule has 0 unspecified atom stereocenters. The number of aryl methyl sites for hydroxylation is 2. The number of hydrogen-bond acceptors (Lipinski definition) is 4. The van der Waals surface area contributed by atoms with Crippen LogP contribution in [-0.4, -0.2) is 34.0 Å². The lowest BCUT2D eigenvalue weighted by molar-refractivity contribution is -0.119. The van der Waals surface area contributed by atoms with Crippen LogP contribution in [0.5, 0.6) is 5.75 Å². The van der Waals surface area contributed by atoms with Crippen molar-refractivity contribution in [1.82, 2.24) is 5.32 Å². The van der Waals surface area contributed by atoms with Crippen molar-refractivity contribution in [3.05, 3.63) is 87.9 Å². The van der Waals surface area contributed by atoms with Gasteiger partial charge in [0, 0.05) is 0 Å². The SMILES string of the molecule is Cc1ccc(OCCNC(=O)CN(c2ccc(Cl)c(Cl)c2)S(=O)(=O)c2ccccc2)c(C)c1. The Morgan fingerprint density at radius 1 is 0.970 bits per heavy atom. The van der Waals surface area contributed by atoms with Crippen molar-refractivity contribution in [2.75, 3.05) is 24.0 Å². The van der Waals surface area contributed by atoms with E-state index in [0.29, 0.717) is 0 Å². The molecule has 33 heavy (non-hydrogen) atoms. The first-order valence-electron chi connectivity index (χ1n) is 10.2. The van der Waals surface area contributed by atoms with Crippen molar-refractivity contribution in [1.29, 1.82) is 0 Å². The fourth-order valence-electron chi connectivity index (χ4n) is 3.17. The van der Waals surface area contributed by atoms with Crippen molar-refractivity contribution < 1.29 is 17.9 Å². The van der Waals surface area contributed by atoms with Crippen molar-refractivity contribution in [3.63, 3.8) is 0 Å². The Morgan fingerprint density at radius 2 is 1.70 bits per heavy atom. The van der Waals surface area contributed by atoms with E-state index in [9.17, 15) is 13.2 Å². The number of anilines is 1. The number of benzene rings is 3. The van der Waals surface area contributed by atoms with E-state index in [1.807, 2.05) is 32.0 Å². The van der Waals surface area contributed by atoms with E-state index in [-0.39, 0.29) is 33.8 Å². The monoisotopic (exact) mass is 506 g/mol. The average Bonchev–Trinajstić information content (AvgIpc) is 2.78. The number of nitrogens with zero attached hydrogens (tertiary/aromatic N) is 1. The molecule has 9 heteroatoms. The highest BCUT2D eigenvalue weighted by Crippen LogP contribution is 2.30. The molecule has 1 N–H and O–H groups in total. The molecule has 3 aromatic carbocycles. The topological polar surface area (TPSA) is 75.7 Å². The van der Waals surface area contributed by atoms with Crippen molar-refractivity contribution in [2.45, 2.75) is 18.7 Å². The lowest BCUT2D eigenvalue weighted by Gasteiger charge is -2.24. The summed E-state index contributed by atoms with van der Waals surface area (Å²) in [4.78, 5) is 12.7. The van der Waals surface area contributed by atoms with Gasteiger partial charge in [0.1, 0.15) is 18.9 Å². The summed E-state index contributed by atoms with van der Waals surface area (Å²) in [6.07, 6.45) is 0. The Labute approximate surface area is 204 Å². The lowest BCUT2D eigenvalue weighted by Crippen LogP contribution is -2.42. The maximum Gasteiger partial charge on any atom is 0.264 e. The molecule has 0 fully saturated rings. The Kier molecular flexibility index (Phi) is 8.24. The number of halogens is 2. The largest absolute Gasteiger partial charge is 0.491 e. The smallest absolute Gasteiger partial charge is 0.264 e. The second kappa shape index (κ2) is 10.9. The van der Waals surface area contributed by atoms with E-state index < -0.39 is 22.5 Å². The summed E-state index contributed by atoms with van der Waals surface area (Å²) in [5.41, 5.74) is 2.37. The van der Waals surface area contributed by atoms with Crippen LogP contribution in [0.25, 0.3) is 0 Å². The number of sulfonamides is 1. The van der Waals surface area contributed by atoms with E-state index in [4.69, 9.17) is 27.9 Å². The summed E-state index contributed by atoms with van der Waals surface area (Å²) in [6, 6.07) is 18.1. The standard InChI is InChI=1S/C24H24Cl2N2O4S/c1-17-8-11-23(18(2)14-17)32-13-12-27-24(29)16-28(19-9-10-21(25)22(26)15-19)33(30,31)20-6-4-3-5-7-20/h3-11,14-15H,12-13,16H2,1-2H3,(H,27,29). The Hall–Kier alpha value is -2.74. The normalized spacial score (nSPS) is 11.2. The number of rotatable bonds is 9. The van der Waals surface area contributed by atoms with Gasteiger partial charge in [0.05, 0.1) is 27.2 Å². The Balaban J connectivity index is 1.71. The fraction of sp³-hybridized carbons (Fsp3) is 0.208. The molecule has 0 aliphatic heterocycles. The van der Waals surface area contributed by atoms with Crippen LogP contribution in [0.1, 0.15) is 11.1 Å². The highest BCUT2D eigenvalue weighted by molar-refractivity contribution is 7.92. The van der Waals surface area contributed by atoms with Gasteiger partial charge in [-0.25, -0.2) is 8.42 Å². The molecule has 6 nitrogen and oxygen atoms in total. The van der Waals surface area contributed by atoms with Crippen LogP contribution < -0.4 is 14.4 Å². The molecule has 0 bridgehead atoms. The van der Waals surface area contributed by atoms with Gasteiger partial charge in [-0.1, -0.05) is 59.1 Å². The van der Waals surface area contributed by atoms with Gasteiger partial charge in [-0.3, -0.25) is 9.10 Å². The summed E-state index contributed by atoms with van der Waals surface area (Å²) in [5.74, 6) is 0.253. The zero-order valence-corrected chi connectivity index (χ0v) is 20.5. The van der Waals surface area contributed by atoms with Gasteiger partial charge < -0.3 is 10.1 Å². The molecule has 0 saturated carbocycles. The van der Waals surface area contributed by atoms with Gasteiger partial charge in [-0.15, -0.1) is 0 Å². The molecule has 3 aromatic rings. The minimum Gasteiger partial charge on any atom is -0.491 e. The summed E-state index contributed by atoms with van der Waals surface area (Å²) >= 11 is 12.1. The maximum atomic E-state index is 13.3. The van der Waals surface area contributed by atoms with Gasteiger partial charge in [0.25, 0.3) is 10.0 Å². The van der Waals surface area contributed by atoms with Crippen molar-refractivity contribution in [3.8, 4) is 5.75 Å². The van der Waals surface area contributed by atoms with Gasteiger partial charge >= 0.3 is 0 Å². The second-order valence-electron chi connectivity index (χ2n) is 7.39. The van der Waals surface area contributed by atoms with Crippen LogP contribution in [0.2, 0.25) is 10.0 Å². The predicted molar refractivity (Wildman–Crippen MR) is 132 cm³/mol. The number of nitrogens with one attached hydrogen (secondary N) is 1. The Morgan fingerprint density at radius 3 is 2.36 bits per heavy atom. The molecule has 0 spiro atoms. The quantitative estimate of drug-likeness (QED) is 0.414. The fourth-order valence-corrected chi connectivity index (χ4v) is 4.90. The van der Waals surface area contributed by atoms with E-state index in [1.165, 1.54) is 30.3 Å². The van der Waals surface area contributed by atoms with Crippen LogP contribution in [0.15, 0.2) is 71.6 Å². The maximum absolute atomic E-state index is 13.3. The van der Waals surface area contributed by atoms with Crippen LogP contribution in [0.3, 0.4) is 0 Å². The molecule has 174 valence electrons. The lowest BCUT2D eigenvalue weighted by atomic mass is 10.1. The zero-order valence-electron chi connectivity index (χ0n) is 18.2. The summed E-state index contributed by atoms with van der Waals surface area (Å²) in [5, 5.41) is 3.17. The minimum absolute atomic E-state index is 0.0575. The summed E-state index contributed by atoms with van der Waals surface area (Å²) < 4.78 is 33.3. The van der Waals surface area contributed by atoms with E-state index in [2.05, 4.69) is 5.32 Å². The third-order valence-electron chi connectivity index (χ3n) is 4.82. The Bertz CT molecular complexity index is 1230. The minimum atomic E-state index is -4.02. The number of carbonyl (C=O) groups is 1. The third-order valence-corrected chi connectivity index (χ3v) is 7.35. The molecular weight excluding hydrogens is 483 g/mol. The van der Waals surface area contributed by atoms with Crippen LogP contribution >= 0.6 is 23.2 Å². The highest BCUT2D eigenvalue weighted by atomic mass is 35.5. The molecule has 0 aromatic heterocycles. The molecule has 0 radical (unpaired) electrons. The van der Waals surface area contributed by atoms with Crippen LogP contribution in [-0.2, 0) is 14.8 Å². The first kappa shape index (κ1) is 24.9. The zero-order chi connectivity index (χ0) is 24.0. The number of ether oxygens (including phenoxy) is 1. The van der Waals surface area contributed by atoms with E-state index >= 15 is 0 Å². The third kappa shape index (κ3) is 6.41. The number of amides is 1. The predicted octanol–water partition coefficient (Wildman–Crippen LogP) is 5.00. The first-order chi connectivity index (χ1) is 15.7. The molecule has 0 saturated heterocycles.